The summed E-state index contributed by atoms with van der Waals surface area (Å²) in [6, 6.07) is 18.3. The highest BCUT2D eigenvalue weighted by molar-refractivity contribution is 6.05. The Balaban J connectivity index is 1.32. The van der Waals surface area contributed by atoms with Crippen molar-refractivity contribution in [3.05, 3.63) is 78.0 Å². The Morgan fingerprint density at radius 3 is 2.37 bits per heavy atom. The van der Waals surface area contributed by atoms with E-state index < -0.39 is 30.6 Å². The third kappa shape index (κ3) is 4.16. The number of rotatable bonds is 5. The number of fused-ring (bicyclic) bond motifs is 4. The van der Waals surface area contributed by atoms with Gasteiger partial charge in [0.15, 0.2) is 5.82 Å². The maximum Gasteiger partial charge on any atom is 0.407 e. The van der Waals surface area contributed by atoms with Crippen LogP contribution in [0.5, 0.6) is 0 Å². The number of nitrogens with zero attached hydrogens (tertiary/aromatic N) is 3. The topological polar surface area (TPSA) is 112 Å². The number of hydrogen-bond acceptors (Lipinski definition) is 6. The number of hydrogen-bond donors (Lipinski definition) is 2. The fraction of sp³-hybridized carbons (Fsp3) is 0.231. The molecule has 2 aliphatic rings. The summed E-state index contributed by atoms with van der Waals surface area (Å²) in [5.41, 5.74) is 4.78. The lowest BCUT2D eigenvalue weighted by molar-refractivity contribution is -0.136. The van der Waals surface area contributed by atoms with Gasteiger partial charge in [-0.3, -0.25) is 14.5 Å². The lowest BCUT2D eigenvalue weighted by Gasteiger charge is -2.23. The maximum atomic E-state index is 13.3. The molecule has 2 aromatic carbocycles. The molecule has 3 aromatic rings. The second-order valence-corrected chi connectivity index (χ2v) is 8.57. The lowest BCUT2D eigenvalue weighted by atomic mass is 9.98. The van der Waals surface area contributed by atoms with E-state index in [2.05, 4.69) is 22.4 Å². The summed E-state index contributed by atoms with van der Waals surface area (Å²) < 4.78 is 5.59. The summed E-state index contributed by atoms with van der Waals surface area (Å²) in [5, 5.41) is 12.0. The number of aliphatic carboxylic acids is 1. The van der Waals surface area contributed by atoms with Crippen molar-refractivity contribution in [2.45, 2.75) is 12.0 Å². The number of benzene rings is 2. The quantitative estimate of drug-likeness (QED) is 0.587. The molecule has 2 amide bonds. The molecular weight excluding hydrogens is 448 g/mol. The highest BCUT2D eigenvalue weighted by Crippen LogP contribution is 2.44. The predicted molar refractivity (Wildman–Crippen MR) is 129 cm³/mol. The minimum absolute atomic E-state index is 0.108. The summed E-state index contributed by atoms with van der Waals surface area (Å²) in [7, 11) is 1.73. The summed E-state index contributed by atoms with van der Waals surface area (Å²) in [4.78, 5) is 44.6. The lowest BCUT2D eigenvalue weighted by Crippen LogP contribution is -2.52. The van der Waals surface area contributed by atoms with Gasteiger partial charge in [0.25, 0.3) is 5.91 Å². The molecule has 0 saturated heterocycles. The molecule has 35 heavy (non-hydrogen) atoms. The molecule has 0 bridgehead atoms. The monoisotopic (exact) mass is 472 g/mol. The van der Waals surface area contributed by atoms with E-state index in [-0.39, 0.29) is 19.1 Å². The van der Waals surface area contributed by atoms with Crippen LogP contribution in [0.25, 0.3) is 11.1 Å². The number of carbonyl (C=O) groups is 3. The van der Waals surface area contributed by atoms with Gasteiger partial charge in [0.05, 0.1) is 5.69 Å². The van der Waals surface area contributed by atoms with Crippen molar-refractivity contribution in [2.75, 3.05) is 36.5 Å². The first-order chi connectivity index (χ1) is 16.9. The van der Waals surface area contributed by atoms with Gasteiger partial charge in [-0.1, -0.05) is 48.5 Å². The second-order valence-electron chi connectivity index (χ2n) is 8.57. The van der Waals surface area contributed by atoms with E-state index >= 15 is 0 Å². The van der Waals surface area contributed by atoms with E-state index in [0.717, 1.165) is 27.2 Å². The number of carbonyl (C=O) groups excluding carboxylic acids is 2. The molecule has 0 unspecified atom stereocenters. The Morgan fingerprint density at radius 2 is 1.71 bits per heavy atom. The van der Waals surface area contributed by atoms with Crippen molar-refractivity contribution >= 4 is 29.5 Å². The van der Waals surface area contributed by atoms with Crippen LogP contribution < -0.4 is 15.1 Å². The number of likely N-dealkylation sites (N-methyl/N-ethyl adjacent to an activating group) is 1. The van der Waals surface area contributed by atoms with Crippen LogP contribution in [-0.4, -0.2) is 60.8 Å². The SMILES string of the molecule is CN1C[C@H](NC(=O)OCC2c3ccccc3-c3ccccc32)C(=O)N(CC(=O)O)c2cccnc21. The van der Waals surface area contributed by atoms with Gasteiger partial charge in [0.1, 0.15) is 19.2 Å². The highest BCUT2D eigenvalue weighted by Gasteiger charge is 2.36. The molecule has 9 nitrogen and oxygen atoms in total. The zero-order valence-corrected chi connectivity index (χ0v) is 19.0. The van der Waals surface area contributed by atoms with Crippen LogP contribution in [0.15, 0.2) is 66.9 Å². The van der Waals surface area contributed by atoms with Crippen molar-refractivity contribution in [2.24, 2.45) is 0 Å². The Kier molecular flexibility index (Phi) is 5.82. The first kappa shape index (κ1) is 22.4. The van der Waals surface area contributed by atoms with Crippen LogP contribution in [0.3, 0.4) is 0 Å². The third-order valence-electron chi connectivity index (χ3n) is 6.37. The zero-order valence-electron chi connectivity index (χ0n) is 19.0. The van der Waals surface area contributed by atoms with Crippen molar-refractivity contribution in [1.82, 2.24) is 10.3 Å². The van der Waals surface area contributed by atoms with Crippen molar-refractivity contribution in [3.8, 4) is 11.1 Å². The number of ether oxygens (including phenoxy) is 1. The van der Waals surface area contributed by atoms with Gasteiger partial charge >= 0.3 is 12.1 Å². The van der Waals surface area contributed by atoms with E-state index in [1.807, 2.05) is 36.4 Å². The van der Waals surface area contributed by atoms with Gasteiger partial charge in [-0.05, 0) is 34.4 Å². The highest BCUT2D eigenvalue weighted by atomic mass is 16.5. The van der Waals surface area contributed by atoms with Gasteiger partial charge in [-0.25, -0.2) is 9.78 Å². The van der Waals surface area contributed by atoms with Crippen LogP contribution in [0.1, 0.15) is 17.0 Å². The number of aromatic nitrogens is 1. The van der Waals surface area contributed by atoms with E-state index in [1.54, 1.807) is 30.3 Å². The Hall–Kier alpha value is -4.40. The standard InChI is InChI=1S/C26H24N4O5/c1-29-13-21(25(33)30(14-23(31)32)22-11-6-12-27-24(22)29)28-26(34)35-15-20-18-9-4-2-7-16(18)17-8-3-5-10-19(17)20/h2-12,20-21H,13-15H2,1H3,(H,28,34)(H,31,32)/t21-/m0/s1. The van der Waals surface area contributed by atoms with Crippen molar-refractivity contribution in [3.63, 3.8) is 0 Å². The molecule has 0 saturated carbocycles. The average Bonchev–Trinajstić information content (AvgIpc) is 3.14. The number of pyridine rings is 1. The maximum absolute atomic E-state index is 13.3. The van der Waals surface area contributed by atoms with Crippen LogP contribution in [0.2, 0.25) is 0 Å². The summed E-state index contributed by atoms with van der Waals surface area (Å²) in [5.74, 6) is -1.37. The van der Waals surface area contributed by atoms with Crippen LogP contribution in [0, 0.1) is 0 Å². The van der Waals surface area contributed by atoms with Crippen LogP contribution >= 0.6 is 0 Å². The fourth-order valence-corrected chi connectivity index (χ4v) is 4.83. The van der Waals surface area contributed by atoms with Gasteiger partial charge in [0.2, 0.25) is 0 Å². The normalized spacial score (nSPS) is 16.7. The molecule has 2 heterocycles. The van der Waals surface area contributed by atoms with E-state index in [1.165, 1.54) is 0 Å². The van der Waals surface area contributed by atoms with E-state index in [0.29, 0.717) is 11.5 Å². The second kappa shape index (κ2) is 9.09. The summed E-state index contributed by atoms with van der Waals surface area (Å²) in [6.45, 7) is -0.325. The molecule has 1 aromatic heterocycles. The molecule has 1 aliphatic heterocycles. The minimum Gasteiger partial charge on any atom is -0.480 e. The molecule has 1 aliphatic carbocycles. The smallest absolute Gasteiger partial charge is 0.407 e. The number of anilines is 2. The number of alkyl carbamates (subject to hydrolysis) is 1. The van der Waals surface area contributed by atoms with Gasteiger partial charge in [0, 0.05) is 25.7 Å². The van der Waals surface area contributed by atoms with Crippen LogP contribution in [0.4, 0.5) is 16.3 Å². The van der Waals surface area contributed by atoms with Gasteiger partial charge in [-0.15, -0.1) is 0 Å². The predicted octanol–water partition coefficient (Wildman–Crippen LogP) is 2.86. The molecule has 0 fully saturated rings. The fourth-order valence-electron chi connectivity index (χ4n) is 4.83. The molecule has 0 radical (unpaired) electrons. The minimum atomic E-state index is -1.17. The Bertz CT molecular complexity index is 1260. The van der Waals surface area contributed by atoms with Gasteiger partial charge in [-0.2, -0.15) is 0 Å². The van der Waals surface area contributed by atoms with E-state index in [9.17, 15) is 19.5 Å². The average molecular weight is 473 g/mol. The molecule has 2 N–H and O–H groups in total. The summed E-state index contributed by atoms with van der Waals surface area (Å²) in [6.07, 6.45) is 0.825. The third-order valence-corrected chi connectivity index (χ3v) is 6.37. The first-order valence-electron chi connectivity index (χ1n) is 11.2. The number of nitrogens with one attached hydrogen (secondary N) is 1. The van der Waals surface area contributed by atoms with Crippen LogP contribution in [-0.2, 0) is 14.3 Å². The van der Waals surface area contributed by atoms with Crippen molar-refractivity contribution < 1.29 is 24.2 Å². The zero-order chi connectivity index (χ0) is 24.5. The Morgan fingerprint density at radius 1 is 1.06 bits per heavy atom. The molecule has 1 atom stereocenters. The molecule has 9 heteroatoms. The first-order valence-corrected chi connectivity index (χ1v) is 11.2. The Labute approximate surface area is 201 Å². The number of amides is 2. The van der Waals surface area contributed by atoms with Crippen molar-refractivity contribution in [1.29, 1.82) is 0 Å². The summed E-state index contributed by atoms with van der Waals surface area (Å²) >= 11 is 0. The molecular formula is C26H24N4O5. The molecule has 178 valence electrons. The molecule has 0 spiro atoms. The van der Waals surface area contributed by atoms with E-state index in [4.69, 9.17) is 4.74 Å². The molecule has 5 rings (SSSR count). The largest absolute Gasteiger partial charge is 0.480 e. The number of carboxylic acids is 1. The number of carboxylic acid groups (broad SMARTS) is 1. The van der Waals surface area contributed by atoms with Gasteiger partial charge < -0.3 is 20.1 Å².